The number of carbonyl (C=O) groups is 2. The molecule has 0 atom stereocenters. The van der Waals surface area contributed by atoms with Gasteiger partial charge in [0.25, 0.3) is 5.91 Å². The number of anilines is 2. The number of hydrogen-bond acceptors (Lipinski definition) is 5. The molecule has 1 fully saturated rings. The van der Waals surface area contributed by atoms with Crippen LogP contribution in [0.5, 0.6) is 11.6 Å². The van der Waals surface area contributed by atoms with Crippen LogP contribution in [0.3, 0.4) is 0 Å². The molecule has 2 amide bonds. The van der Waals surface area contributed by atoms with Gasteiger partial charge in [-0.25, -0.2) is 9.50 Å². The molecule has 8 nitrogen and oxygen atoms in total. The molecule has 2 heterocycles. The van der Waals surface area contributed by atoms with Crippen LogP contribution in [-0.4, -0.2) is 26.4 Å². The van der Waals surface area contributed by atoms with Crippen LogP contribution in [0.25, 0.3) is 5.65 Å². The number of halogens is 3. The lowest BCUT2D eigenvalue weighted by Gasteiger charge is -2.08. The maximum absolute atomic E-state index is 12.9. The molecule has 4 aromatic rings. The molecule has 0 unspecified atom stereocenters. The molecule has 2 aromatic carbocycles. The molecule has 0 bridgehead atoms. The lowest BCUT2D eigenvalue weighted by atomic mass is 10.1. The van der Waals surface area contributed by atoms with Gasteiger partial charge >= 0.3 is 6.18 Å². The predicted molar refractivity (Wildman–Crippen MR) is 120 cm³/mol. The van der Waals surface area contributed by atoms with Crippen molar-refractivity contribution < 1.29 is 27.5 Å². The van der Waals surface area contributed by atoms with Crippen molar-refractivity contribution in [3.8, 4) is 11.6 Å². The molecule has 2 aromatic heterocycles. The molecule has 1 aliphatic carbocycles. The van der Waals surface area contributed by atoms with Crippen molar-refractivity contribution in [2.75, 3.05) is 10.6 Å². The molecule has 1 aliphatic rings. The fraction of sp³-hybridized carbons (Fsp3) is 0.167. The number of imidazole rings is 1. The van der Waals surface area contributed by atoms with E-state index >= 15 is 0 Å². The zero-order chi connectivity index (χ0) is 24.6. The quantitative estimate of drug-likeness (QED) is 0.397. The van der Waals surface area contributed by atoms with E-state index in [4.69, 9.17) is 4.74 Å². The van der Waals surface area contributed by atoms with Crippen LogP contribution >= 0.6 is 0 Å². The van der Waals surface area contributed by atoms with Crippen LogP contribution in [0, 0.1) is 5.92 Å². The Balaban J connectivity index is 1.29. The lowest BCUT2D eigenvalue weighted by Crippen LogP contribution is -2.14. The number of carbonyl (C=O) groups excluding carboxylic acids is 2. The Morgan fingerprint density at radius 2 is 1.80 bits per heavy atom. The summed E-state index contributed by atoms with van der Waals surface area (Å²) in [6.07, 6.45) is -1.33. The Hall–Kier alpha value is -4.41. The van der Waals surface area contributed by atoms with Crippen molar-refractivity contribution in [1.82, 2.24) is 14.6 Å². The van der Waals surface area contributed by atoms with Crippen LogP contribution in [0.2, 0.25) is 0 Å². The summed E-state index contributed by atoms with van der Waals surface area (Å²) in [4.78, 5) is 28.6. The number of fused-ring (bicyclic) bond motifs is 1. The number of amides is 2. The van der Waals surface area contributed by atoms with Crippen LogP contribution in [-0.2, 0) is 11.0 Å². The molecular formula is C24H18F3N5O3. The standard InChI is InChI=1S/C24H18F3N5O3/c25-24(26,27)16-4-1-3-15(11-16)23(34)30-19-13-32-20(29-19)9-10-21(31-32)35-18-6-2-5-17(12-18)28-22(33)14-7-8-14/h1-6,9-14H,7-8H2,(H,28,33)(H,30,34). The van der Waals surface area contributed by atoms with Crippen molar-refractivity contribution in [3.05, 3.63) is 78.0 Å². The number of nitrogens with one attached hydrogen (secondary N) is 2. The van der Waals surface area contributed by atoms with Gasteiger partial charge in [0.2, 0.25) is 11.8 Å². The van der Waals surface area contributed by atoms with Crippen LogP contribution < -0.4 is 15.4 Å². The van der Waals surface area contributed by atoms with Gasteiger partial charge in [0.05, 0.1) is 11.8 Å². The Kier molecular flexibility index (Phi) is 5.59. The van der Waals surface area contributed by atoms with Crippen LogP contribution in [0.4, 0.5) is 24.7 Å². The van der Waals surface area contributed by atoms with Gasteiger partial charge in [-0.2, -0.15) is 13.2 Å². The predicted octanol–water partition coefficient (Wildman–Crippen LogP) is 5.14. The Morgan fingerprint density at radius 1 is 1.00 bits per heavy atom. The average molecular weight is 481 g/mol. The summed E-state index contributed by atoms with van der Waals surface area (Å²) in [5.41, 5.74) is -0.0628. The number of ether oxygens (including phenoxy) is 1. The van der Waals surface area contributed by atoms with Crippen molar-refractivity contribution in [2.24, 2.45) is 5.92 Å². The van der Waals surface area contributed by atoms with E-state index in [1.807, 2.05) is 0 Å². The number of hydrogen-bond donors (Lipinski definition) is 2. The zero-order valence-corrected chi connectivity index (χ0v) is 18.0. The van der Waals surface area contributed by atoms with Gasteiger partial charge < -0.3 is 15.4 Å². The topological polar surface area (TPSA) is 97.6 Å². The normalized spacial score (nSPS) is 13.5. The van der Waals surface area contributed by atoms with Gasteiger partial charge in [-0.3, -0.25) is 9.59 Å². The minimum atomic E-state index is -4.55. The molecule has 11 heteroatoms. The maximum atomic E-state index is 12.9. The third-order valence-electron chi connectivity index (χ3n) is 5.26. The van der Waals surface area contributed by atoms with Gasteiger partial charge in [0.1, 0.15) is 5.75 Å². The van der Waals surface area contributed by atoms with Gasteiger partial charge in [-0.05, 0) is 49.2 Å². The van der Waals surface area contributed by atoms with Crippen molar-refractivity contribution >= 4 is 29.0 Å². The second-order valence-electron chi connectivity index (χ2n) is 8.03. The fourth-order valence-electron chi connectivity index (χ4n) is 3.35. The van der Waals surface area contributed by atoms with Gasteiger partial charge in [0.15, 0.2) is 11.5 Å². The molecular weight excluding hydrogens is 463 g/mol. The number of rotatable bonds is 6. The average Bonchev–Trinajstić information content (AvgIpc) is 3.60. The first-order chi connectivity index (χ1) is 16.7. The molecule has 0 spiro atoms. The molecule has 0 aliphatic heterocycles. The monoisotopic (exact) mass is 481 g/mol. The molecule has 0 radical (unpaired) electrons. The first kappa shape index (κ1) is 22.4. The Morgan fingerprint density at radius 3 is 2.57 bits per heavy atom. The number of benzene rings is 2. The Bertz CT molecular complexity index is 1430. The van der Waals surface area contributed by atoms with Gasteiger partial charge in [-0.15, -0.1) is 5.10 Å². The summed E-state index contributed by atoms with van der Waals surface area (Å²) in [5, 5.41) is 9.62. The highest BCUT2D eigenvalue weighted by atomic mass is 19.4. The molecule has 1 saturated carbocycles. The summed E-state index contributed by atoms with van der Waals surface area (Å²) >= 11 is 0. The van der Waals surface area contributed by atoms with Gasteiger partial charge in [-0.1, -0.05) is 12.1 Å². The molecule has 0 saturated heterocycles. The summed E-state index contributed by atoms with van der Waals surface area (Å²) in [5.74, 6) is 0.135. The van der Waals surface area contributed by atoms with E-state index < -0.39 is 17.6 Å². The maximum Gasteiger partial charge on any atom is 0.416 e. The molecule has 2 N–H and O–H groups in total. The second kappa shape index (κ2) is 8.75. The highest BCUT2D eigenvalue weighted by molar-refractivity contribution is 6.04. The van der Waals surface area contributed by atoms with Crippen molar-refractivity contribution in [3.63, 3.8) is 0 Å². The highest BCUT2D eigenvalue weighted by Gasteiger charge is 2.31. The largest absolute Gasteiger partial charge is 0.438 e. The van der Waals surface area contributed by atoms with E-state index in [9.17, 15) is 22.8 Å². The fourth-order valence-corrected chi connectivity index (χ4v) is 3.35. The molecule has 178 valence electrons. The third-order valence-corrected chi connectivity index (χ3v) is 5.26. The second-order valence-corrected chi connectivity index (χ2v) is 8.03. The van der Waals surface area contributed by atoms with E-state index in [0.29, 0.717) is 17.1 Å². The minimum Gasteiger partial charge on any atom is -0.438 e. The third kappa shape index (κ3) is 5.24. The van der Waals surface area contributed by atoms with Crippen LogP contribution in [0.1, 0.15) is 28.8 Å². The highest BCUT2D eigenvalue weighted by Crippen LogP contribution is 2.31. The number of aromatic nitrogens is 3. The lowest BCUT2D eigenvalue weighted by molar-refractivity contribution is -0.137. The van der Waals surface area contributed by atoms with Crippen molar-refractivity contribution in [2.45, 2.75) is 19.0 Å². The zero-order valence-electron chi connectivity index (χ0n) is 18.0. The van der Waals surface area contributed by atoms with Gasteiger partial charge in [0, 0.05) is 29.3 Å². The minimum absolute atomic E-state index is 0.0141. The van der Waals surface area contributed by atoms with Crippen LogP contribution in [0.15, 0.2) is 66.9 Å². The SMILES string of the molecule is O=C(Nc1cn2nc(Oc3cccc(NC(=O)C4CC4)c3)ccc2n1)c1cccc(C(F)(F)F)c1. The number of nitrogens with zero attached hydrogens (tertiary/aromatic N) is 3. The van der Waals surface area contributed by atoms with E-state index in [-0.39, 0.29) is 29.1 Å². The number of alkyl halides is 3. The first-order valence-electron chi connectivity index (χ1n) is 10.7. The first-order valence-corrected chi connectivity index (χ1v) is 10.7. The van der Waals surface area contributed by atoms with Crippen molar-refractivity contribution in [1.29, 1.82) is 0 Å². The summed E-state index contributed by atoms with van der Waals surface area (Å²) < 4.78 is 45.9. The van der Waals surface area contributed by atoms with E-state index in [0.717, 1.165) is 25.0 Å². The molecule has 35 heavy (non-hydrogen) atoms. The molecule has 5 rings (SSSR count). The summed E-state index contributed by atoms with van der Waals surface area (Å²) in [6, 6.07) is 14.2. The summed E-state index contributed by atoms with van der Waals surface area (Å²) in [6.45, 7) is 0. The van der Waals surface area contributed by atoms with E-state index in [2.05, 4.69) is 20.7 Å². The Labute approximate surface area is 196 Å². The summed E-state index contributed by atoms with van der Waals surface area (Å²) in [7, 11) is 0. The smallest absolute Gasteiger partial charge is 0.416 e. The van der Waals surface area contributed by atoms with E-state index in [1.165, 1.54) is 22.8 Å². The van der Waals surface area contributed by atoms with E-state index in [1.54, 1.807) is 36.4 Å².